The smallest absolute Gasteiger partial charge is 0.267 e. The Morgan fingerprint density at radius 3 is 2.69 bits per heavy atom. The first kappa shape index (κ1) is 22.7. The van der Waals surface area contributed by atoms with E-state index in [0.717, 1.165) is 5.56 Å². The number of aromatic nitrogens is 1. The molecular weight excluding hydrogens is 474 g/mol. The third kappa shape index (κ3) is 4.64. The van der Waals surface area contributed by atoms with Crippen LogP contribution in [0.25, 0.3) is 10.6 Å². The van der Waals surface area contributed by atoms with Crippen LogP contribution in [0.1, 0.15) is 9.67 Å². The van der Waals surface area contributed by atoms with Crippen molar-refractivity contribution in [3.05, 3.63) is 58.6 Å². The summed E-state index contributed by atoms with van der Waals surface area (Å²) in [7, 11) is -2.41. The second kappa shape index (κ2) is 9.55. The molecule has 0 unspecified atom stereocenters. The Balaban J connectivity index is 1.58. The summed E-state index contributed by atoms with van der Waals surface area (Å²) in [6, 6.07) is 11.8. The monoisotopic (exact) mass is 493 g/mol. The van der Waals surface area contributed by atoms with Gasteiger partial charge in [-0.25, -0.2) is 13.4 Å². The van der Waals surface area contributed by atoms with Crippen LogP contribution in [-0.2, 0) is 14.8 Å². The number of sulfonamides is 1. The molecule has 1 saturated heterocycles. The number of carbonyl (C=O) groups excluding carboxylic acids is 1. The summed E-state index contributed by atoms with van der Waals surface area (Å²) in [5.41, 5.74) is 1.07. The minimum absolute atomic E-state index is 0.0132. The van der Waals surface area contributed by atoms with Crippen LogP contribution in [0.3, 0.4) is 0 Å². The largest absolute Gasteiger partial charge is 0.495 e. The lowest BCUT2D eigenvalue weighted by Gasteiger charge is -2.26. The number of hydrogen-bond acceptors (Lipinski definition) is 7. The molecule has 2 aromatic carbocycles. The molecular formula is C21H20ClN3O5S2. The maximum absolute atomic E-state index is 13.1. The Morgan fingerprint density at radius 2 is 1.97 bits per heavy atom. The number of thiazole rings is 1. The second-order valence-electron chi connectivity index (χ2n) is 6.85. The molecule has 0 bridgehead atoms. The van der Waals surface area contributed by atoms with Crippen molar-refractivity contribution in [2.24, 2.45) is 0 Å². The van der Waals surface area contributed by atoms with Crippen LogP contribution in [0.5, 0.6) is 5.75 Å². The quantitative estimate of drug-likeness (QED) is 0.561. The molecule has 0 aliphatic carbocycles. The summed E-state index contributed by atoms with van der Waals surface area (Å²) in [6.45, 7) is 1.18. The number of hydrogen-bond donors (Lipinski definition) is 1. The molecule has 0 radical (unpaired) electrons. The number of ether oxygens (including phenoxy) is 2. The van der Waals surface area contributed by atoms with Gasteiger partial charge in [0.25, 0.3) is 5.91 Å². The van der Waals surface area contributed by atoms with E-state index in [1.165, 1.54) is 41.1 Å². The Labute approximate surface area is 194 Å². The molecule has 1 N–H and O–H groups in total. The van der Waals surface area contributed by atoms with Gasteiger partial charge in [0.15, 0.2) is 0 Å². The van der Waals surface area contributed by atoms with Gasteiger partial charge >= 0.3 is 0 Å². The zero-order valence-electron chi connectivity index (χ0n) is 17.1. The van der Waals surface area contributed by atoms with Gasteiger partial charge in [-0.1, -0.05) is 29.8 Å². The lowest BCUT2D eigenvalue weighted by atomic mass is 10.2. The highest BCUT2D eigenvalue weighted by Gasteiger charge is 2.29. The van der Waals surface area contributed by atoms with Crippen molar-refractivity contribution in [3.8, 4) is 16.3 Å². The summed E-state index contributed by atoms with van der Waals surface area (Å²) in [5.74, 6) is -0.200. The molecule has 1 fully saturated rings. The number of halogens is 1. The van der Waals surface area contributed by atoms with Crippen molar-refractivity contribution >= 4 is 44.6 Å². The van der Waals surface area contributed by atoms with Crippen LogP contribution in [0.4, 0.5) is 5.69 Å². The van der Waals surface area contributed by atoms with Crippen LogP contribution in [0.2, 0.25) is 5.02 Å². The maximum Gasteiger partial charge on any atom is 0.267 e. The van der Waals surface area contributed by atoms with Crippen molar-refractivity contribution in [2.45, 2.75) is 4.90 Å². The van der Waals surface area contributed by atoms with Gasteiger partial charge in [0.1, 0.15) is 20.5 Å². The van der Waals surface area contributed by atoms with Crippen LogP contribution in [0.15, 0.2) is 53.6 Å². The zero-order valence-corrected chi connectivity index (χ0v) is 19.5. The van der Waals surface area contributed by atoms with E-state index in [9.17, 15) is 13.2 Å². The summed E-state index contributed by atoms with van der Waals surface area (Å²) < 4.78 is 38.1. The number of carbonyl (C=O) groups is 1. The van der Waals surface area contributed by atoms with Crippen LogP contribution in [-0.4, -0.2) is 57.0 Å². The van der Waals surface area contributed by atoms with E-state index in [4.69, 9.17) is 21.1 Å². The van der Waals surface area contributed by atoms with E-state index in [2.05, 4.69) is 10.3 Å². The van der Waals surface area contributed by atoms with Crippen LogP contribution >= 0.6 is 22.9 Å². The van der Waals surface area contributed by atoms with Gasteiger partial charge in [-0.3, -0.25) is 4.79 Å². The number of benzene rings is 2. The number of rotatable bonds is 6. The molecule has 8 nitrogen and oxygen atoms in total. The third-order valence-electron chi connectivity index (χ3n) is 4.84. The molecule has 0 saturated carbocycles. The fourth-order valence-corrected chi connectivity index (χ4v) is 5.93. The normalized spacial score (nSPS) is 14.8. The first-order chi connectivity index (χ1) is 15.4. The summed E-state index contributed by atoms with van der Waals surface area (Å²) in [4.78, 5) is 17.4. The van der Waals surface area contributed by atoms with Crippen molar-refractivity contribution in [2.75, 3.05) is 38.7 Å². The lowest BCUT2D eigenvalue weighted by molar-refractivity contribution is 0.0729. The van der Waals surface area contributed by atoms with Gasteiger partial charge in [-0.2, -0.15) is 4.31 Å². The minimum atomic E-state index is -3.81. The predicted molar refractivity (Wildman–Crippen MR) is 123 cm³/mol. The SMILES string of the molecule is COc1ccc(NC(=O)c2cnc(-c3ccccc3Cl)s2)cc1S(=O)(=O)N1CCOCC1. The van der Waals surface area contributed by atoms with Crippen molar-refractivity contribution < 1.29 is 22.7 Å². The number of methoxy groups -OCH3 is 1. The molecule has 2 heterocycles. The molecule has 1 aromatic heterocycles. The first-order valence-corrected chi connectivity index (χ1v) is 12.3. The van der Waals surface area contributed by atoms with Crippen molar-refractivity contribution in [1.82, 2.24) is 9.29 Å². The van der Waals surface area contributed by atoms with Gasteiger partial charge in [-0.05, 0) is 24.3 Å². The second-order valence-corrected chi connectivity index (χ2v) is 10.2. The van der Waals surface area contributed by atoms with Crippen LogP contribution in [0, 0.1) is 0 Å². The number of nitrogens with zero attached hydrogens (tertiary/aromatic N) is 2. The average Bonchev–Trinajstić information content (AvgIpc) is 3.30. The average molecular weight is 494 g/mol. The minimum Gasteiger partial charge on any atom is -0.495 e. The number of anilines is 1. The molecule has 32 heavy (non-hydrogen) atoms. The third-order valence-corrected chi connectivity index (χ3v) is 8.12. The lowest BCUT2D eigenvalue weighted by Crippen LogP contribution is -2.40. The molecule has 0 atom stereocenters. The summed E-state index contributed by atoms with van der Waals surface area (Å²) >= 11 is 7.41. The highest BCUT2D eigenvalue weighted by Crippen LogP contribution is 2.33. The molecule has 168 valence electrons. The molecule has 1 aliphatic rings. The number of nitrogens with one attached hydrogen (secondary N) is 1. The van der Waals surface area contributed by atoms with Crippen molar-refractivity contribution in [3.63, 3.8) is 0 Å². The summed E-state index contributed by atoms with van der Waals surface area (Å²) in [6.07, 6.45) is 1.47. The van der Waals surface area contributed by atoms with Crippen molar-refractivity contribution in [1.29, 1.82) is 0 Å². The molecule has 1 aliphatic heterocycles. The zero-order chi connectivity index (χ0) is 22.7. The van der Waals surface area contributed by atoms with Gasteiger partial charge in [0.05, 0.1) is 31.5 Å². The molecule has 3 aromatic rings. The Hall–Kier alpha value is -2.50. The Kier molecular flexibility index (Phi) is 6.77. The fourth-order valence-electron chi connectivity index (χ4n) is 3.21. The van der Waals surface area contributed by atoms with Gasteiger partial charge in [-0.15, -0.1) is 11.3 Å². The molecule has 0 spiro atoms. The van der Waals surface area contributed by atoms with Gasteiger partial charge in [0, 0.05) is 24.3 Å². The van der Waals surface area contributed by atoms with E-state index in [1.807, 2.05) is 18.2 Å². The highest BCUT2D eigenvalue weighted by molar-refractivity contribution is 7.89. The number of amides is 1. The fraction of sp³-hybridized carbons (Fsp3) is 0.238. The topological polar surface area (TPSA) is 97.8 Å². The van der Waals surface area contributed by atoms with Gasteiger partial charge < -0.3 is 14.8 Å². The van der Waals surface area contributed by atoms with E-state index in [1.54, 1.807) is 12.1 Å². The van der Waals surface area contributed by atoms with E-state index in [0.29, 0.717) is 33.8 Å². The molecule has 11 heteroatoms. The van der Waals surface area contributed by atoms with E-state index >= 15 is 0 Å². The number of morpholine rings is 1. The Morgan fingerprint density at radius 1 is 1.22 bits per heavy atom. The molecule has 1 amide bonds. The van der Waals surface area contributed by atoms with E-state index < -0.39 is 15.9 Å². The Bertz CT molecular complexity index is 1240. The first-order valence-electron chi connectivity index (χ1n) is 9.68. The maximum atomic E-state index is 13.1. The van der Waals surface area contributed by atoms with Crippen LogP contribution < -0.4 is 10.1 Å². The molecule has 4 rings (SSSR count). The predicted octanol–water partition coefficient (Wildman–Crippen LogP) is 3.75. The summed E-state index contributed by atoms with van der Waals surface area (Å²) in [5, 5.41) is 3.90. The van der Waals surface area contributed by atoms with Gasteiger partial charge in [0.2, 0.25) is 10.0 Å². The highest BCUT2D eigenvalue weighted by atomic mass is 35.5. The van der Waals surface area contributed by atoms with E-state index in [-0.39, 0.29) is 23.7 Å². The standard InChI is InChI=1S/C21H20ClN3O5S2/c1-29-17-7-6-14(12-19(17)32(27,28)25-8-10-30-11-9-25)24-20(26)18-13-23-21(31-18)15-4-2-3-5-16(15)22/h2-7,12-13H,8-11H2,1H3,(H,24,26).